The average molecular weight is 220 g/mol. The monoisotopic (exact) mass is 220 g/mol. The lowest BCUT2D eigenvalue weighted by Gasteiger charge is -2.05. The molecule has 0 aliphatic carbocycles. The van der Waals surface area contributed by atoms with Crippen molar-refractivity contribution < 1.29 is 17.7 Å². The molecule has 0 saturated heterocycles. The predicted octanol–water partition coefficient (Wildman–Crippen LogP) is 1.72. The molecule has 2 nitrogen and oxygen atoms in total. The molecule has 78 valence electrons. The summed E-state index contributed by atoms with van der Waals surface area (Å²) in [6, 6.07) is 3.07. The molecule has 0 amide bonds. The fraction of sp³-hybridized carbons (Fsp3) is 0.333. The van der Waals surface area contributed by atoms with Gasteiger partial charge in [-0.05, 0) is 12.1 Å². The molecule has 1 atom stereocenters. The number of benzene rings is 1. The lowest BCUT2D eigenvalue weighted by Crippen LogP contribution is -2.07. The van der Waals surface area contributed by atoms with Crippen LogP contribution in [0.25, 0.3) is 0 Å². The maximum absolute atomic E-state index is 12.9. The minimum absolute atomic E-state index is 0.0168. The molecule has 0 N–H and O–H groups in total. The fourth-order valence-corrected chi connectivity index (χ4v) is 1.18. The van der Waals surface area contributed by atoms with Gasteiger partial charge in [-0.15, -0.1) is 0 Å². The van der Waals surface area contributed by atoms with Crippen molar-refractivity contribution in [3.05, 3.63) is 29.8 Å². The summed E-state index contributed by atoms with van der Waals surface area (Å²) in [5, 5.41) is 0. The van der Waals surface area contributed by atoms with Crippen molar-refractivity contribution in [1.29, 1.82) is 0 Å². The van der Waals surface area contributed by atoms with Crippen LogP contribution in [-0.2, 0) is 10.8 Å². The van der Waals surface area contributed by atoms with Gasteiger partial charge < -0.3 is 4.74 Å². The Hall–Kier alpha value is -0.970. The standard InChI is InChI=1S/C9H10F2O2S/c1-14(12)5-4-13-9-3-2-7(10)6-8(9)11/h2-3,6H,4-5H2,1H3. The zero-order valence-corrected chi connectivity index (χ0v) is 8.44. The van der Waals surface area contributed by atoms with E-state index in [-0.39, 0.29) is 12.4 Å². The summed E-state index contributed by atoms with van der Waals surface area (Å²) in [5.41, 5.74) is 0. The number of rotatable bonds is 4. The molecule has 1 aromatic carbocycles. The molecule has 0 aliphatic rings. The topological polar surface area (TPSA) is 26.3 Å². The first kappa shape index (κ1) is 11.1. The molecule has 1 unspecified atom stereocenters. The van der Waals surface area contributed by atoms with Gasteiger partial charge in [-0.2, -0.15) is 0 Å². The van der Waals surface area contributed by atoms with Crippen LogP contribution in [0.15, 0.2) is 18.2 Å². The smallest absolute Gasteiger partial charge is 0.167 e. The molecule has 14 heavy (non-hydrogen) atoms. The van der Waals surface area contributed by atoms with Crippen LogP contribution < -0.4 is 4.74 Å². The van der Waals surface area contributed by atoms with E-state index in [9.17, 15) is 13.0 Å². The summed E-state index contributed by atoms with van der Waals surface area (Å²) in [4.78, 5) is 0. The van der Waals surface area contributed by atoms with Crippen LogP contribution in [0.2, 0.25) is 0 Å². The van der Waals surface area contributed by atoms with Gasteiger partial charge in [0.1, 0.15) is 5.82 Å². The highest BCUT2D eigenvalue weighted by Crippen LogP contribution is 2.17. The van der Waals surface area contributed by atoms with Gasteiger partial charge in [-0.3, -0.25) is 4.21 Å². The zero-order chi connectivity index (χ0) is 10.6. The van der Waals surface area contributed by atoms with Crippen molar-refractivity contribution in [3.8, 4) is 5.75 Å². The third-order valence-electron chi connectivity index (χ3n) is 1.52. The van der Waals surface area contributed by atoms with Gasteiger partial charge in [-0.25, -0.2) is 8.78 Å². The number of ether oxygens (including phenoxy) is 1. The van der Waals surface area contributed by atoms with Crippen LogP contribution in [0.5, 0.6) is 5.75 Å². The summed E-state index contributed by atoms with van der Waals surface area (Å²) in [6.45, 7) is 0.158. The van der Waals surface area contributed by atoms with Crippen molar-refractivity contribution in [2.24, 2.45) is 0 Å². The van der Waals surface area contributed by atoms with Crippen LogP contribution in [-0.4, -0.2) is 22.8 Å². The molecule has 0 bridgehead atoms. The van der Waals surface area contributed by atoms with Crippen LogP contribution in [0.3, 0.4) is 0 Å². The van der Waals surface area contributed by atoms with E-state index in [0.717, 1.165) is 12.1 Å². The molecular formula is C9H10F2O2S. The molecule has 1 rings (SSSR count). The number of hydrogen-bond acceptors (Lipinski definition) is 2. The van der Waals surface area contributed by atoms with Gasteiger partial charge in [0.25, 0.3) is 0 Å². The Bertz CT molecular complexity index is 342. The Kier molecular flexibility index (Phi) is 4.00. The maximum atomic E-state index is 12.9. The van der Waals surface area contributed by atoms with E-state index < -0.39 is 22.4 Å². The Morgan fingerprint density at radius 2 is 2.14 bits per heavy atom. The number of halogens is 2. The van der Waals surface area contributed by atoms with Crippen molar-refractivity contribution >= 4 is 10.8 Å². The van der Waals surface area contributed by atoms with Crippen molar-refractivity contribution in [3.63, 3.8) is 0 Å². The number of hydrogen-bond donors (Lipinski definition) is 0. The first-order valence-corrected chi connectivity index (χ1v) is 5.70. The highest BCUT2D eigenvalue weighted by Gasteiger charge is 2.04. The Labute approximate surface area is 83.3 Å². The molecule has 0 aromatic heterocycles. The Balaban J connectivity index is 2.55. The minimum Gasteiger partial charge on any atom is -0.490 e. The van der Waals surface area contributed by atoms with Gasteiger partial charge in [0.15, 0.2) is 11.6 Å². The van der Waals surface area contributed by atoms with Gasteiger partial charge in [0.2, 0.25) is 0 Å². The van der Waals surface area contributed by atoms with E-state index in [1.807, 2.05) is 0 Å². The Morgan fingerprint density at radius 3 is 2.71 bits per heavy atom. The van der Waals surface area contributed by atoms with E-state index in [1.165, 1.54) is 12.3 Å². The van der Waals surface area contributed by atoms with E-state index >= 15 is 0 Å². The van der Waals surface area contributed by atoms with Gasteiger partial charge in [0.05, 0.1) is 12.4 Å². The van der Waals surface area contributed by atoms with Gasteiger partial charge in [0, 0.05) is 23.1 Å². The van der Waals surface area contributed by atoms with Crippen molar-refractivity contribution in [1.82, 2.24) is 0 Å². The quantitative estimate of drug-likeness (QED) is 0.772. The summed E-state index contributed by atoms with van der Waals surface area (Å²) >= 11 is 0. The Morgan fingerprint density at radius 1 is 1.43 bits per heavy atom. The summed E-state index contributed by atoms with van der Waals surface area (Å²) < 4.78 is 41.0. The first-order chi connectivity index (χ1) is 6.59. The predicted molar refractivity (Wildman–Crippen MR) is 50.8 cm³/mol. The van der Waals surface area contributed by atoms with E-state index in [0.29, 0.717) is 5.75 Å². The largest absolute Gasteiger partial charge is 0.490 e. The zero-order valence-electron chi connectivity index (χ0n) is 7.63. The van der Waals surface area contributed by atoms with Crippen molar-refractivity contribution in [2.75, 3.05) is 18.6 Å². The van der Waals surface area contributed by atoms with Crippen LogP contribution in [0.1, 0.15) is 0 Å². The molecule has 1 aromatic rings. The summed E-state index contributed by atoms with van der Waals surface area (Å²) in [6.07, 6.45) is 1.53. The van der Waals surface area contributed by atoms with Gasteiger partial charge >= 0.3 is 0 Å². The second-order valence-electron chi connectivity index (χ2n) is 2.70. The second-order valence-corrected chi connectivity index (χ2v) is 4.26. The highest BCUT2D eigenvalue weighted by molar-refractivity contribution is 7.84. The molecule has 0 aliphatic heterocycles. The summed E-state index contributed by atoms with van der Waals surface area (Å²) in [7, 11) is -0.972. The van der Waals surface area contributed by atoms with E-state index in [2.05, 4.69) is 0 Å². The SMILES string of the molecule is CS(=O)CCOc1ccc(F)cc1F. The first-order valence-electron chi connectivity index (χ1n) is 3.97. The normalized spacial score (nSPS) is 12.5. The fourth-order valence-electron chi connectivity index (χ4n) is 0.861. The molecule has 0 saturated carbocycles. The molecular weight excluding hydrogens is 210 g/mol. The van der Waals surface area contributed by atoms with E-state index in [4.69, 9.17) is 4.74 Å². The van der Waals surface area contributed by atoms with Crippen molar-refractivity contribution in [2.45, 2.75) is 0 Å². The third kappa shape index (κ3) is 3.41. The summed E-state index contributed by atoms with van der Waals surface area (Å²) in [5.74, 6) is -1.07. The third-order valence-corrected chi connectivity index (χ3v) is 2.26. The van der Waals surface area contributed by atoms with Crippen LogP contribution >= 0.6 is 0 Å². The lowest BCUT2D eigenvalue weighted by atomic mass is 10.3. The van der Waals surface area contributed by atoms with E-state index in [1.54, 1.807) is 0 Å². The van der Waals surface area contributed by atoms with Crippen LogP contribution in [0.4, 0.5) is 8.78 Å². The molecule has 0 spiro atoms. The minimum atomic E-state index is -0.972. The second kappa shape index (κ2) is 5.05. The maximum Gasteiger partial charge on any atom is 0.167 e. The van der Waals surface area contributed by atoms with Gasteiger partial charge in [-0.1, -0.05) is 0 Å². The average Bonchev–Trinajstić information content (AvgIpc) is 2.08. The molecule has 0 heterocycles. The van der Waals surface area contributed by atoms with Crippen LogP contribution in [0, 0.1) is 11.6 Å². The molecule has 0 fully saturated rings. The highest BCUT2D eigenvalue weighted by atomic mass is 32.2. The molecule has 5 heteroatoms. The lowest BCUT2D eigenvalue weighted by molar-refractivity contribution is 0.322. The molecule has 0 radical (unpaired) electrons.